The van der Waals surface area contributed by atoms with Crippen molar-refractivity contribution in [3.8, 4) is 5.75 Å². The van der Waals surface area contributed by atoms with E-state index in [4.69, 9.17) is 27.9 Å². The van der Waals surface area contributed by atoms with Gasteiger partial charge in [0, 0.05) is 27.8 Å². The predicted octanol–water partition coefficient (Wildman–Crippen LogP) is 3.95. The molecule has 0 aromatic heterocycles. The van der Waals surface area contributed by atoms with Crippen molar-refractivity contribution in [2.75, 3.05) is 6.61 Å². The second-order valence-electron chi connectivity index (χ2n) is 5.87. The lowest BCUT2D eigenvalue weighted by Gasteiger charge is -2.17. The Morgan fingerprint density at radius 1 is 1.29 bits per heavy atom. The van der Waals surface area contributed by atoms with Crippen LogP contribution < -0.4 is 9.57 Å². The van der Waals surface area contributed by atoms with E-state index in [1.807, 2.05) is 4.83 Å². The molecular formula is C17H13Cl2N3O5S. The normalized spacial score (nSPS) is 13.6. The molecule has 0 unspecified atom stereocenters. The summed E-state index contributed by atoms with van der Waals surface area (Å²) in [6.45, 7) is 1.65. The summed E-state index contributed by atoms with van der Waals surface area (Å²) in [6.07, 6.45) is 2.99. The van der Waals surface area contributed by atoms with Crippen LogP contribution in [0.4, 0.5) is 5.69 Å². The van der Waals surface area contributed by atoms with Gasteiger partial charge in [0.25, 0.3) is 15.7 Å². The Kier molecular flexibility index (Phi) is 5.59. The van der Waals surface area contributed by atoms with E-state index < -0.39 is 14.9 Å². The van der Waals surface area contributed by atoms with Gasteiger partial charge < -0.3 is 4.74 Å². The van der Waals surface area contributed by atoms with E-state index in [1.165, 1.54) is 25.3 Å². The minimum atomic E-state index is -4.07. The third-order valence-corrected chi connectivity index (χ3v) is 5.57. The number of nitro benzene ring substituents is 1. The minimum Gasteiger partial charge on any atom is -0.487 e. The first-order valence-corrected chi connectivity index (χ1v) is 10.0. The zero-order valence-corrected chi connectivity index (χ0v) is 16.7. The van der Waals surface area contributed by atoms with Crippen LogP contribution in [0.25, 0.3) is 6.08 Å². The number of nitro groups is 1. The summed E-state index contributed by atoms with van der Waals surface area (Å²) in [7, 11) is -4.07. The molecule has 8 nitrogen and oxygen atoms in total. The molecule has 1 aliphatic rings. The number of hydrazone groups is 1. The van der Waals surface area contributed by atoms with Crippen molar-refractivity contribution in [2.24, 2.45) is 5.10 Å². The topological polar surface area (TPSA) is 111 Å². The van der Waals surface area contributed by atoms with Crippen LogP contribution in [0.2, 0.25) is 10.0 Å². The van der Waals surface area contributed by atoms with Gasteiger partial charge >= 0.3 is 0 Å². The van der Waals surface area contributed by atoms with Crippen LogP contribution in [0, 0.1) is 17.0 Å². The third-order valence-electron chi connectivity index (χ3n) is 3.85. The predicted molar refractivity (Wildman–Crippen MR) is 107 cm³/mol. The quantitative estimate of drug-likeness (QED) is 0.428. The second kappa shape index (κ2) is 7.78. The Bertz CT molecular complexity index is 1130. The Morgan fingerprint density at radius 2 is 2.04 bits per heavy atom. The smallest absolute Gasteiger partial charge is 0.276 e. The summed E-state index contributed by atoms with van der Waals surface area (Å²) in [5, 5.41) is 15.5. The molecule has 1 aliphatic heterocycles. The molecule has 0 bridgehead atoms. The van der Waals surface area contributed by atoms with E-state index in [2.05, 4.69) is 5.10 Å². The first-order valence-electron chi connectivity index (χ1n) is 7.80. The molecule has 0 saturated heterocycles. The van der Waals surface area contributed by atoms with Crippen LogP contribution in [0.3, 0.4) is 0 Å². The van der Waals surface area contributed by atoms with E-state index in [9.17, 15) is 18.5 Å². The molecule has 146 valence electrons. The molecule has 0 spiro atoms. The number of benzene rings is 2. The number of hydrogen-bond acceptors (Lipinski definition) is 6. The number of nitrogens with zero attached hydrogens (tertiary/aromatic N) is 2. The Hall–Kier alpha value is -2.62. The van der Waals surface area contributed by atoms with Crippen LogP contribution in [0.15, 0.2) is 45.9 Å². The highest BCUT2D eigenvalue weighted by molar-refractivity contribution is 7.89. The molecule has 0 radical (unpaired) electrons. The SMILES string of the molecule is Cc1ccc(S(=O)(=O)N/N=C/C2=Cc3cc(Cl)cc(Cl)c3OC2)cc1[N+](=O)[O-]. The Morgan fingerprint density at radius 3 is 2.75 bits per heavy atom. The van der Waals surface area contributed by atoms with Crippen molar-refractivity contribution in [2.45, 2.75) is 11.8 Å². The minimum absolute atomic E-state index is 0.135. The summed E-state index contributed by atoms with van der Waals surface area (Å²) in [5.41, 5.74) is 1.28. The van der Waals surface area contributed by atoms with Gasteiger partial charge in [0.15, 0.2) is 0 Å². The highest BCUT2D eigenvalue weighted by Gasteiger charge is 2.19. The van der Waals surface area contributed by atoms with Gasteiger partial charge in [-0.3, -0.25) is 10.1 Å². The van der Waals surface area contributed by atoms with Gasteiger partial charge in [-0.2, -0.15) is 13.5 Å². The molecule has 11 heteroatoms. The Balaban J connectivity index is 1.80. The molecule has 2 aromatic rings. The molecule has 0 atom stereocenters. The van der Waals surface area contributed by atoms with Gasteiger partial charge in [-0.05, 0) is 31.2 Å². The van der Waals surface area contributed by atoms with Gasteiger partial charge in [-0.1, -0.05) is 29.3 Å². The number of sulfonamides is 1. The van der Waals surface area contributed by atoms with Gasteiger partial charge in [-0.25, -0.2) is 4.83 Å². The molecule has 0 saturated carbocycles. The van der Waals surface area contributed by atoms with E-state index in [-0.39, 0.29) is 17.2 Å². The fourth-order valence-electron chi connectivity index (χ4n) is 2.50. The van der Waals surface area contributed by atoms with Crippen molar-refractivity contribution in [1.29, 1.82) is 0 Å². The zero-order chi connectivity index (χ0) is 20.5. The molecule has 3 rings (SSSR count). The molecule has 28 heavy (non-hydrogen) atoms. The highest BCUT2D eigenvalue weighted by atomic mass is 35.5. The molecule has 0 aliphatic carbocycles. The summed E-state index contributed by atoms with van der Waals surface area (Å²) < 4.78 is 30.2. The van der Waals surface area contributed by atoms with Crippen molar-refractivity contribution in [3.63, 3.8) is 0 Å². The molecule has 0 amide bonds. The van der Waals surface area contributed by atoms with Crippen LogP contribution >= 0.6 is 23.2 Å². The van der Waals surface area contributed by atoms with E-state index in [0.29, 0.717) is 32.5 Å². The first-order chi connectivity index (χ1) is 13.2. The molecule has 1 heterocycles. The zero-order valence-electron chi connectivity index (χ0n) is 14.3. The lowest BCUT2D eigenvalue weighted by molar-refractivity contribution is -0.385. The van der Waals surface area contributed by atoms with Gasteiger partial charge in [-0.15, -0.1) is 0 Å². The van der Waals surface area contributed by atoms with E-state index in [1.54, 1.807) is 18.2 Å². The standard InChI is InChI=1S/C17H13Cl2N3O5S/c1-10-2-3-14(7-16(10)22(23)24)28(25,26)21-20-8-11-4-12-5-13(18)6-15(19)17(12)27-9-11/h2-8,21H,9H2,1H3/b20-8+. The lowest BCUT2D eigenvalue weighted by Crippen LogP contribution is -2.19. The monoisotopic (exact) mass is 441 g/mol. The van der Waals surface area contributed by atoms with Gasteiger partial charge in [0.2, 0.25) is 0 Å². The maximum Gasteiger partial charge on any atom is 0.276 e. The fourth-order valence-corrected chi connectivity index (χ4v) is 3.87. The number of halogens is 2. The average Bonchev–Trinajstić information content (AvgIpc) is 2.61. The van der Waals surface area contributed by atoms with E-state index in [0.717, 1.165) is 6.07 Å². The van der Waals surface area contributed by atoms with E-state index >= 15 is 0 Å². The Labute approximate surface area is 170 Å². The maximum atomic E-state index is 12.3. The fraction of sp³-hybridized carbons (Fsp3) is 0.118. The lowest BCUT2D eigenvalue weighted by atomic mass is 10.1. The van der Waals surface area contributed by atoms with Crippen LogP contribution in [-0.4, -0.2) is 26.2 Å². The first kappa shape index (κ1) is 20.1. The number of nitrogens with one attached hydrogen (secondary N) is 1. The number of hydrogen-bond donors (Lipinski definition) is 1. The van der Waals surface area contributed by atoms with Gasteiger partial charge in [0.1, 0.15) is 12.4 Å². The largest absolute Gasteiger partial charge is 0.487 e. The third kappa shape index (κ3) is 4.27. The molecule has 1 N–H and O–H groups in total. The second-order valence-corrected chi connectivity index (χ2v) is 8.38. The number of rotatable bonds is 5. The number of ether oxygens (including phenoxy) is 1. The summed E-state index contributed by atoms with van der Waals surface area (Å²) in [6, 6.07) is 6.83. The molecular weight excluding hydrogens is 429 g/mol. The van der Waals surface area contributed by atoms with Crippen molar-refractivity contribution >= 4 is 51.2 Å². The van der Waals surface area contributed by atoms with Crippen molar-refractivity contribution in [1.82, 2.24) is 4.83 Å². The van der Waals surface area contributed by atoms with Crippen LogP contribution in [0.5, 0.6) is 5.75 Å². The van der Waals surface area contributed by atoms with Gasteiger partial charge in [0.05, 0.1) is 21.1 Å². The molecule has 0 fully saturated rings. The summed E-state index contributed by atoms with van der Waals surface area (Å²) >= 11 is 12.0. The van der Waals surface area contributed by atoms with Crippen molar-refractivity contribution in [3.05, 3.63) is 67.2 Å². The highest BCUT2D eigenvalue weighted by Crippen LogP contribution is 2.36. The van der Waals surface area contributed by atoms with Crippen molar-refractivity contribution < 1.29 is 18.1 Å². The number of aryl methyl sites for hydroxylation is 1. The maximum absolute atomic E-state index is 12.3. The van der Waals surface area contributed by atoms with Crippen LogP contribution in [0.1, 0.15) is 11.1 Å². The summed E-state index contributed by atoms with van der Waals surface area (Å²) in [4.78, 5) is 12.1. The van der Waals surface area contributed by atoms with Crippen LogP contribution in [-0.2, 0) is 10.0 Å². The summed E-state index contributed by atoms with van der Waals surface area (Å²) in [5.74, 6) is 0.482. The average molecular weight is 442 g/mol. The molecule has 2 aromatic carbocycles. The number of fused-ring (bicyclic) bond motifs is 1.